The molecule has 0 aromatic rings. The van der Waals surface area contributed by atoms with E-state index in [-0.39, 0.29) is 11.8 Å². The number of carbonyl (C=O) groups excluding carboxylic acids is 2. The minimum absolute atomic E-state index is 0.0244. The summed E-state index contributed by atoms with van der Waals surface area (Å²) in [6, 6.07) is 0. The van der Waals surface area contributed by atoms with Crippen LogP contribution >= 0.6 is 0 Å². The van der Waals surface area contributed by atoms with E-state index in [0.717, 1.165) is 12.8 Å². The largest absolute Gasteiger partial charge is 0.357 e. The van der Waals surface area contributed by atoms with Crippen LogP contribution in [-0.4, -0.2) is 35.8 Å². The van der Waals surface area contributed by atoms with E-state index >= 15 is 0 Å². The fourth-order valence-electron chi connectivity index (χ4n) is 1.97. The zero-order valence-electron chi connectivity index (χ0n) is 8.39. The molecule has 74 valence electrons. The van der Waals surface area contributed by atoms with Gasteiger partial charge in [-0.1, -0.05) is 0 Å². The van der Waals surface area contributed by atoms with Gasteiger partial charge in [0, 0.05) is 20.5 Å². The standard InChI is InChI=1S/C9H16N2O2/c1-7(12)11-6-4-5-9(11,2)8(13)10-3/h4-6H2,1-3H3,(H,10,13)/t9-/m0/s1. The maximum atomic E-state index is 11.5. The van der Waals surface area contributed by atoms with Crippen LogP contribution in [-0.2, 0) is 9.59 Å². The molecule has 1 atom stereocenters. The minimum Gasteiger partial charge on any atom is -0.357 e. The van der Waals surface area contributed by atoms with Crippen molar-refractivity contribution in [3.63, 3.8) is 0 Å². The second-order valence-corrected chi connectivity index (χ2v) is 3.63. The number of likely N-dealkylation sites (tertiary alicyclic amines) is 1. The predicted molar refractivity (Wildman–Crippen MR) is 49.1 cm³/mol. The van der Waals surface area contributed by atoms with Crippen molar-refractivity contribution in [2.75, 3.05) is 13.6 Å². The lowest BCUT2D eigenvalue weighted by molar-refractivity contribution is -0.142. The average molecular weight is 184 g/mol. The van der Waals surface area contributed by atoms with E-state index in [0.29, 0.717) is 6.54 Å². The Hall–Kier alpha value is -1.06. The number of likely N-dealkylation sites (N-methyl/N-ethyl adjacent to an activating group) is 1. The lowest BCUT2D eigenvalue weighted by Gasteiger charge is -2.32. The first-order valence-corrected chi connectivity index (χ1v) is 4.53. The van der Waals surface area contributed by atoms with Crippen LogP contribution in [0.15, 0.2) is 0 Å². The third kappa shape index (κ3) is 1.53. The van der Waals surface area contributed by atoms with Gasteiger partial charge < -0.3 is 10.2 Å². The Morgan fingerprint density at radius 2 is 2.08 bits per heavy atom. The first-order valence-electron chi connectivity index (χ1n) is 4.53. The molecular weight excluding hydrogens is 168 g/mol. The SMILES string of the molecule is CNC(=O)[C@]1(C)CCCN1C(C)=O. The van der Waals surface area contributed by atoms with Crippen molar-refractivity contribution in [2.24, 2.45) is 0 Å². The summed E-state index contributed by atoms with van der Waals surface area (Å²) in [6.07, 6.45) is 1.66. The Labute approximate surface area is 78.3 Å². The van der Waals surface area contributed by atoms with Crippen LogP contribution in [0.2, 0.25) is 0 Å². The van der Waals surface area contributed by atoms with Crippen molar-refractivity contribution in [2.45, 2.75) is 32.2 Å². The fraction of sp³-hybridized carbons (Fsp3) is 0.778. The number of nitrogens with zero attached hydrogens (tertiary/aromatic N) is 1. The molecule has 1 rings (SSSR count). The van der Waals surface area contributed by atoms with Crippen LogP contribution in [0.5, 0.6) is 0 Å². The highest BCUT2D eigenvalue weighted by molar-refractivity contribution is 5.90. The second kappa shape index (κ2) is 3.36. The number of hydrogen-bond donors (Lipinski definition) is 1. The summed E-state index contributed by atoms with van der Waals surface area (Å²) in [5.41, 5.74) is -0.624. The fourth-order valence-corrected chi connectivity index (χ4v) is 1.97. The molecule has 1 aliphatic heterocycles. The van der Waals surface area contributed by atoms with Crippen molar-refractivity contribution < 1.29 is 9.59 Å². The lowest BCUT2D eigenvalue weighted by atomic mass is 9.98. The van der Waals surface area contributed by atoms with Crippen LogP contribution in [0.3, 0.4) is 0 Å². The van der Waals surface area contributed by atoms with Crippen molar-refractivity contribution >= 4 is 11.8 Å². The Bertz CT molecular complexity index is 240. The highest BCUT2D eigenvalue weighted by Gasteiger charge is 2.43. The zero-order chi connectivity index (χ0) is 10.1. The van der Waals surface area contributed by atoms with E-state index in [4.69, 9.17) is 0 Å². The molecule has 1 N–H and O–H groups in total. The molecule has 4 nitrogen and oxygen atoms in total. The third-order valence-corrected chi connectivity index (χ3v) is 2.74. The molecule has 1 heterocycles. The molecule has 13 heavy (non-hydrogen) atoms. The van der Waals surface area contributed by atoms with Gasteiger partial charge in [0.15, 0.2) is 0 Å². The van der Waals surface area contributed by atoms with Gasteiger partial charge in [0.2, 0.25) is 11.8 Å². The number of carbonyl (C=O) groups is 2. The molecule has 1 fully saturated rings. The summed E-state index contributed by atoms with van der Waals surface area (Å²) in [5.74, 6) is -0.0937. The molecule has 0 spiro atoms. The summed E-state index contributed by atoms with van der Waals surface area (Å²) in [4.78, 5) is 24.4. The Morgan fingerprint density at radius 3 is 2.54 bits per heavy atom. The van der Waals surface area contributed by atoms with E-state index in [1.54, 1.807) is 11.9 Å². The molecule has 0 saturated carbocycles. The third-order valence-electron chi connectivity index (χ3n) is 2.74. The number of hydrogen-bond acceptors (Lipinski definition) is 2. The van der Waals surface area contributed by atoms with Crippen molar-refractivity contribution in [1.82, 2.24) is 10.2 Å². The number of rotatable bonds is 1. The Kier molecular flexibility index (Phi) is 2.59. The molecular formula is C9H16N2O2. The average Bonchev–Trinajstić information content (AvgIpc) is 2.47. The van der Waals surface area contributed by atoms with E-state index in [2.05, 4.69) is 5.32 Å². The smallest absolute Gasteiger partial charge is 0.245 e. The van der Waals surface area contributed by atoms with Crippen LogP contribution in [0, 0.1) is 0 Å². The predicted octanol–water partition coefficient (Wildman–Crippen LogP) is 0.133. The van der Waals surface area contributed by atoms with Gasteiger partial charge in [-0.2, -0.15) is 0 Å². The number of amides is 2. The molecule has 1 saturated heterocycles. The zero-order valence-corrected chi connectivity index (χ0v) is 8.39. The van der Waals surface area contributed by atoms with Gasteiger partial charge in [0.1, 0.15) is 5.54 Å². The van der Waals surface area contributed by atoms with Crippen LogP contribution in [0.25, 0.3) is 0 Å². The van der Waals surface area contributed by atoms with Crippen LogP contribution in [0.1, 0.15) is 26.7 Å². The van der Waals surface area contributed by atoms with E-state index < -0.39 is 5.54 Å². The van der Waals surface area contributed by atoms with Gasteiger partial charge >= 0.3 is 0 Å². The van der Waals surface area contributed by atoms with Crippen LogP contribution < -0.4 is 5.32 Å². The maximum absolute atomic E-state index is 11.5. The Morgan fingerprint density at radius 1 is 1.46 bits per heavy atom. The summed E-state index contributed by atoms with van der Waals surface area (Å²) in [7, 11) is 1.60. The number of nitrogens with one attached hydrogen (secondary N) is 1. The topological polar surface area (TPSA) is 49.4 Å². The van der Waals surface area contributed by atoms with Gasteiger partial charge in [0.25, 0.3) is 0 Å². The van der Waals surface area contributed by atoms with Crippen LogP contribution in [0.4, 0.5) is 0 Å². The summed E-state index contributed by atoms with van der Waals surface area (Å²) in [5, 5.41) is 2.60. The lowest BCUT2D eigenvalue weighted by Crippen LogP contribution is -2.54. The maximum Gasteiger partial charge on any atom is 0.245 e. The first kappa shape index (κ1) is 10.0. The van der Waals surface area contributed by atoms with Gasteiger partial charge in [-0.15, -0.1) is 0 Å². The van der Waals surface area contributed by atoms with Gasteiger partial charge in [-0.05, 0) is 19.8 Å². The van der Waals surface area contributed by atoms with E-state index in [1.165, 1.54) is 6.92 Å². The normalized spacial score (nSPS) is 27.5. The first-order chi connectivity index (χ1) is 6.02. The molecule has 0 aliphatic carbocycles. The molecule has 0 unspecified atom stereocenters. The highest BCUT2D eigenvalue weighted by atomic mass is 16.2. The molecule has 0 bridgehead atoms. The van der Waals surface area contributed by atoms with E-state index in [1.807, 2.05) is 6.92 Å². The molecule has 2 amide bonds. The summed E-state index contributed by atoms with van der Waals surface area (Å²) < 4.78 is 0. The molecule has 0 aromatic carbocycles. The molecule has 4 heteroatoms. The van der Waals surface area contributed by atoms with E-state index in [9.17, 15) is 9.59 Å². The van der Waals surface area contributed by atoms with Gasteiger partial charge in [-0.25, -0.2) is 0 Å². The molecule has 1 aliphatic rings. The van der Waals surface area contributed by atoms with Gasteiger partial charge in [-0.3, -0.25) is 9.59 Å². The quantitative estimate of drug-likeness (QED) is 0.630. The molecule has 0 aromatic heterocycles. The Balaban J connectivity index is 2.87. The summed E-state index contributed by atoms with van der Waals surface area (Å²) in [6.45, 7) is 4.02. The summed E-state index contributed by atoms with van der Waals surface area (Å²) >= 11 is 0. The van der Waals surface area contributed by atoms with Crippen molar-refractivity contribution in [3.05, 3.63) is 0 Å². The monoisotopic (exact) mass is 184 g/mol. The minimum atomic E-state index is -0.624. The van der Waals surface area contributed by atoms with Crippen molar-refractivity contribution in [1.29, 1.82) is 0 Å². The van der Waals surface area contributed by atoms with Crippen molar-refractivity contribution in [3.8, 4) is 0 Å². The van der Waals surface area contributed by atoms with Gasteiger partial charge in [0.05, 0.1) is 0 Å². The second-order valence-electron chi connectivity index (χ2n) is 3.63. The molecule has 0 radical (unpaired) electrons. The highest BCUT2D eigenvalue weighted by Crippen LogP contribution is 2.28.